The highest BCUT2D eigenvalue weighted by Crippen LogP contribution is 1.97. The maximum atomic E-state index is 8.37. The highest BCUT2D eigenvalue weighted by Gasteiger charge is 1.84. The fourth-order valence-electron chi connectivity index (χ4n) is 0.433. The number of aliphatic hydroxyl groups is 1. The molecule has 0 radical (unpaired) electrons. The van der Waals surface area contributed by atoms with Gasteiger partial charge >= 0.3 is 0 Å². The van der Waals surface area contributed by atoms with Crippen LogP contribution in [0.5, 0.6) is 0 Å². The maximum absolute atomic E-state index is 8.37. The van der Waals surface area contributed by atoms with Gasteiger partial charge in [0.15, 0.2) is 0 Å². The zero-order chi connectivity index (χ0) is 5.70. The van der Waals surface area contributed by atoms with Crippen LogP contribution in [0, 0.1) is 0 Å². The largest absolute Gasteiger partial charge is 0.392 e. The van der Waals surface area contributed by atoms with Crippen LogP contribution in [0.15, 0.2) is 12.2 Å². The van der Waals surface area contributed by atoms with E-state index in [9.17, 15) is 0 Å². The Morgan fingerprint density at radius 3 is 2.43 bits per heavy atom. The summed E-state index contributed by atoms with van der Waals surface area (Å²) < 4.78 is 0. The molecule has 0 spiro atoms. The Labute approximate surface area is 44.7 Å². The number of hydrogen-bond donors (Lipinski definition) is 1. The zero-order valence-corrected chi connectivity index (χ0v) is 4.78. The molecule has 0 aliphatic heterocycles. The molecule has 0 aliphatic carbocycles. The van der Waals surface area contributed by atoms with Crippen LogP contribution in [0.2, 0.25) is 0 Å². The normalized spacial score (nSPS) is 8.86. The summed E-state index contributed by atoms with van der Waals surface area (Å²) in [5.41, 5.74) is 0.933. The summed E-state index contributed by atoms with van der Waals surface area (Å²) in [5, 5.41) is 8.37. The van der Waals surface area contributed by atoms with Crippen molar-refractivity contribution in [1.82, 2.24) is 0 Å². The van der Waals surface area contributed by atoms with E-state index in [1.54, 1.807) is 0 Å². The second-order valence-electron chi connectivity index (χ2n) is 1.66. The van der Waals surface area contributed by atoms with Crippen molar-refractivity contribution in [1.29, 1.82) is 0 Å². The molecule has 0 saturated heterocycles. The van der Waals surface area contributed by atoms with Gasteiger partial charge in [0, 0.05) is 0 Å². The van der Waals surface area contributed by atoms with Crippen molar-refractivity contribution in [3.05, 3.63) is 12.2 Å². The average Bonchev–Trinajstić information content (AvgIpc) is 1.68. The van der Waals surface area contributed by atoms with Crippen molar-refractivity contribution in [2.45, 2.75) is 19.8 Å². The third-order valence-corrected chi connectivity index (χ3v) is 0.827. The predicted octanol–water partition coefficient (Wildman–Crippen LogP) is 1.33. The number of hydrogen-bond acceptors (Lipinski definition) is 1. The lowest BCUT2D eigenvalue weighted by Gasteiger charge is -1.93. The van der Waals surface area contributed by atoms with Gasteiger partial charge in [-0.15, -0.1) is 0 Å². The van der Waals surface area contributed by atoms with Gasteiger partial charge < -0.3 is 5.11 Å². The number of aliphatic hydroxyl groups excluding tert-OH is 1. The summed E-state index contributed by atoms with van der Waals surface area (Å²) in [6.07, 6.45) is 2.04. The molecular weight excluding hydrogens is 88.1 g/mol. The minimum atomic E-state index is 0.147. The first-order valence-electron chi connectivity index (χ1n) is 2.58. The fourth-order valence-corrected chi connectivity index (χ4v) is 0.433. The van der Waals surface area contributed by atoms with Crippen LogP contribution in [-0.4, -0.2) is 11.7 Å². The second-order valence-corrected chi connectivity index (χ2v) is 1.66. The molecule has 7 heavy (non-hydrogen) atoms. The van der Waals surface area contributed by atoms with Crippen LogP contribution < -0.4 is 0 Å². The minimum Gasteiger partial charge on any atom is -0.392 e. The topological polar surface area (TPSA) is 20.2 Å². The standard InChI is InChI=1S/C6H12O/c1-3-4-6(2)5-7/h7H,2-5H2,1H3. The molecule has 0 amide bonds. The van der Waals surface area contributed by atoms with Gasteiger partial charge in [-0.05, 0) is 6.42 Å². The van der Waals surface area contributed by atoms with Crippen LogP contribution in [0.3, 0.4) is 0 Å². The minimum absolute atomic E-state index is 0.147. The van der Waals surface area contributed by atoms with Crippen LogP contribution in [0.1, 0.15) is 19.8 Å². The molecule has 0 aliphatic rings. The van der Waals surface area contributed by atoms with E-state index in [1.807, 2.05) is 0 Å². The Balaban J connectivity index is 3.00. The Morgan fingerprint density at radius 1 is 1.71 bits per heavy atom. The molecule has 0 heterocycles. The van der Waals surface area contributed by atoms with E-state index in [4.69, 9.17) is 5.11 Å². The molecule has 0 bridgehead atoms. The third-order valence-electron chi connectivity index (χ3n) is 0.827. The monoisotopic (exact) mass is 100 g/mol. The molecule has 0 aromatic heterocycles. The third kappa shape index (κ3) is 3.53. The van der Waals surface area contributed by atoms with Gasteiger partial charge in [0.05, 0.1) is 6.61 Å². The summed E-state index contributed by atoms with van der Waals surface area (Å²) in [4.78, 5) is 0. The lowest BCUT2D eigenvalue weighted by atomic mass is 10.2. The summed E-state index contributed by atoms with van der Waals surface area (Å²) >= 11 is 0. The lowest BCUT2D eigenvalue weighted by molar-refractivity contribution is 0.327. The van der Waals surface area contributed by atoms with E-state index in [0.717, 1.165) is 18.4 Å². The molecular formula is C6H12O. The predicted molar refractivity (Wildman–Crippen MR) is 31.1 cm³/mol. The smallest absolute Gasteiger partial charge is 0.0639 e. The fraction of sp³-hybridized carbons (Fsp3) is 0.667. The van der Waals surface area contributed by atoms with Gasteiger partial charge in [-0.2, -0.15) is 0 Å². The van der Waals surface area contributed by atoms with Crippen molar-refractivity contribution < 1.29 is 5.11 Å². The van der Waals surface area contributed by atoms with E-state index in [2.05, 4.69) is 13.5 Å². The molecule has 0 aromatic carbocycles. The van der Waals surface area contributed by atoms with Gasteiger partial charge in [-0.3, -0.25) is 0 Å². The van der Waals surface area contributed by atoms with E-state index in [0.29, 0.717) is 0 Å². The first-order valence-corrected chi connectivity index (χ1v) is 2.58. The summed E-state index contributed by atoms with van der Waals surface area (Å²) in [6, 6.07) is 0. The van der Waals surface area contributed by atoms with Crippen molar-refractivity contribution in [2.75, 3.05) is 6.61 Å². The zero-order valence-electron chi connectivity index (χ0n) is 4.78. The molecule has 1 N–H and O–H groups in total. The van der Waals surface area contributed by atoms with Crippen LogP contribution in [-0.2, 0) is 0 Å². The molecule has 0 atom stereocenters. The Kier molecular flexibility index (Phi) is 3.71. The van der Waals surface area contributed by atoms with Crippen molar-refractivity contribution in [2.24, 2.45) is 0 Å². The Morgan fingerprint density at radius 2 is 2.29 bits per heavy atom. The Bertz CT molecular complexity index is 57.2. The van der Waals surface area contributed by atoms with Gasteiger partial charge in [0.2, 0.25) is 0 Å². The molecule has 42 valence electrons. The lowest BCUT2D eigenvalue weighted by Crippen LogP contribution is -1.85. The first kappa shape index (κ1) is 6.70. The number of rotatable bonds is 3. The Hall–Kier alpha value is -0.300. The second kappa shape index (κ2) is 3.88. The maximum Gasteiger partial charge on any atom is 0.0639 e. The highest BCUT2D eigenvalue weighted by molar-refractivity contribution is 4.92. The molecule has 0 rings (SSSR count). The quantitative estimate of drug-likeness (QED) is 0.530. The van der Waals surface area contributed by atoms with Crippen LogP contribution in [0.4, 0.5) is 0 Å². The van der Waals surface area contributed by atoms with E-state index >= 15 is 0 Å². The summed E-state index contributed by atoms with van der Waals surface area (Å²) in [5.74, 6) is 0. The molecule has 1 heteroatoms. The highest BCUT2D eigenvalue weighted by atomic mass is 16.3. The molecule has 0 saturated carbocycles. The molecule has 0 aromatic rings. The van der Waals surface area contributed by atoms with Gasteiger partial charge in [-0.1, -0.05) is 25.5 Å². The van der Waals surface area contributed by atoms with Crippen molar-refractivity contribution >= 4 is 0 Å². The van der Waals surface area contributed by atoms with Gasteiger partial charge in [-0.25, -0.2) is 0 Å². The molecule has 0 fully saturated rings. The van der Waals surface area contributed by atoms with Gasteiger partial charge in [0.25, 0.3) is 0 Å². The van der Waals surface area contributed by atoms with Crippen LogP contribution >= 0.6 is 0 Å². The summed E-state index contributed by atoms with van der Waals surface area (Å²) in [6.45, 7) is 5.83. The van der Waals surface area contributed by atoms with Crippen LogP contribution in [0.25, 0.3) is 0 Å². The van der Waals surface area contributed by atoms with E-state index in [1.165, 1.54) is 0 Å². The van der Waals surface area contributed by atoms with Crippen molar-refractivity contribution in [3.8, 4) is 0 Å². The summed E-state index contributed by atoms with van der Waals surface area (Å²) in [7, 11) is 0. The SMILES string of the molecule is C=C(CO)CCC. The average molecular weight is 100 g/mol. The van der Waals surface area contributed by atoms with Crippen molar-refractivity contribution in [3.63, 3.8) is 0 Å². The first-order chi connectivity index (χ1) is 3.31. The van der Waals surface area contributed by atoms with E-state index in [-0.39, 0.29) is 6.61 Å². The molecule has 1 nitrogen and oxygen atoms in total. The van der Waals surface area contributed by atoms with E-state index < -0.39 is 0 Å². The molecule has 0 unspecified atom stereocenters. The van der Waals surface area contributed by atoms with Gasteiger partial charge in [0.1, 0.15) is 0 Å².